The van der Waals surface area contributed by atoms with Crippen molar-refractivity contribution in [2.45, 2.75) is 19.9 Å². The Balaban J connectivity index is 1.75. The molecule has 0 spiro atoms. The number of aryl methyl sites for hydroxylation is 1. The van der Waals surface area contributed by atoms with Gasteiger partial charge in [-0.1, -0.05) is 24.3 Å². The molecule has 0 heterocycles. The average molecular weight is 298 g/mol. The first-order chi connectivity index (χ1) is 10.7. The molecular weight excluding hydrogens is 276 g/mol. The number of amides is 1. The monoisotopic (exact) mass is 298 g/mol. The summed E-state index contributed by atoms with van der Waals surface area (Å²) in [6, 6.07) is 15.6. The molecule has 0 saturated heterocycles. The van der Waals surface area contributed by atoms with Crippen molar-refractivity contribution >= 4 is 11.6 Å². The number of hydrogen-bond acceptors (Lipinski definition) is 3. The molecule has 0 unspecified atom stereocenters. The van der Waals surface area contributed by atoms with E-state index in [-0.39, 0.29) is 5.91 Å². The first-order valence-electron chi connectivity index (χ1n) is 7.40. The van der Waals surface area contributed by atoms with E-state index in [0.717, 1.165) is 23.5 Å². The van der Waals surface area contributed by atoms with Crippen LogP contribution < -0.4 is 15.4 Å². The molecule has 0 saturated carbocycles. The largest absolute Gasteiger partial charge is 0.493 e. The fourth-order valence-corrected chi connectivity index (χ4v) is 2.10. The van der Waals surface area contributed by atoms with Gasteiger partial charge in [-0.3, -0.25) is 4.79 Å². The van der Waals surface area contributed by atoms with Gasteiger partial charge in [-0.25, -0.2) is 0 Å². The normalized spacial score (nSPS) is 10.3. The Morgan fingerprint density at radius 2 is 1.91 bits per heavy atom. The van der Waals surface area contributed by atoms with E-state index in [9.17, 15) is 4.79 Å². The van der Waals surface area contributed by atoms with Gasteiger partial charge in [-0.05, 0) is 49.4 Å². The van der Waals surface area contributed by atoms with Crippen molar-refractivity contribution in [3.63, 3.8) is 0 Å². The van der Waals surface area contributed by atoms with Crippen LogP contribution in [0.2, 0.25) is 0 Å². The molecule has 0 aliphatic carbocycles. The van der Waals surface area contributed by atoms with Crippen LogP contribution in [0.15, 0.2) is 48.5 Å². The van der Waals surface area contributed by atoms with Crippen LogP contribution in [0.5, 0.6) is 5.75 Å². The van der Waals surface area contributed by atoms with Crippen LogP contribution in [0.4, 0.5) is 5.69 Å². The van der Waals surface area contributed by atoms with Gasteiger partial charge in [0.1, 0.15) is 5.75 Å². The first-order valence-corrected chi connectivity index (χ1v) is 7.40. The third kappa shape index (κ3) is 5.22. The molecule has 0 aliphatic heterocycles. The number of hydrogen-bond donors (Lipinski definition) is 2. The van der Waals surface area contributed by atoms with Crippen LogP contribution in [0.3, 0.4) is 0 Å². The number of anilines is 1. The molecule has 1 amide bonds. The van der Waals surface area contributed by atoms with Gasteiger partial charge in [0.25, 0.3) is 0 Å². The minimum atomic E-state index is -0.0472. The highest BCUT2D eigenvalue weighted by molar-refractivity contribution is 5.90. The maximum Gasteiger partial charge on any atom is 0.227 e. The van der Waals surface area contributed by atoms with Gasteiger partial charge in [-0.2, -0.15) is 0 Å². The molecule has 2 aromatic carbocycles. The molecule has 4 nitrogen and oxygen atoms in total. The van der Waals surface area contributed by atoms with Crippen molar-refractivity contribution in [3.05, 3.63) is 59.7 Å². The number of nitrogens with one attached hydrogen (secondary N) is 2. The fraction of sp³-hybridized carbons (Fsp3) is 0.278. The van der Waals surface area contributed by atoms with Crippen molar-refractivity contribution in [1.29, 1.82) is 0 Å². The lowest BCUT2D eigenvalue weighted by molar-refractivity contribution is -0.116. The zero-order valence-corrected chi connectivity index (χ0v) is 13.1. The molecule has 0 bridgehead atoms. The molecule has 2 aromatic rings. The predicted octanol–water partition coefficient (Wildman–Crippen LogP) is 3.12. The number of rotatable bonds is 7. The van der Waals surface area contributed by atoms with E-state index in [1.807, 2.05) is 62.5 Å². The van der Waals surface area contributed by atoms with Gasteiger partial charge in [0.2, 0.25) is 5.91 Å². The SMILES string of the molecule is CNCc1ccc(NC(=O)CCOc2cccc(C)c2)cc1. The summed E-state index contributed by atoms with van der Waals surface area (Å²) >= 11 is 0. The average Bonchev–Trinajstić information content (AvgIpc) is 2.50. The Kier molecular flexibility index (Phi) is 5.98. The molecule has 22 heavy (non-hydrogen) atoms. The Morgan fingerprint density at radius 1 is 1.14 bits per heavy atom. The zero-order valence-electron chi connectivity index (χ0n) is 13.1. The van der Waals surface area contributed by atoms with Gasteiger partial charge in [0, 0.05) is 12.2 Å². The third-order valence-corrected chi connectivity index (χ3v) is 3.21. The topological polar surface area (TPSA) is 50.4 Å². The van der Waals surface area contributed by atoms with Crippen LogP contribution in [-0.4, -0.2) is 19.6 Å². The summed E-state index contributed by atoms with van der Waals surface area (Å²) < 4.78 is 5.58. The Morgan fingerprint density at radius 3 is 2.59 bits per heavy atom. The molecule has 2 N–H and O–H groups in total. The highest BCUT2D eigenvalue weighted by Gasteiger charge is 2.03. The molecule has 0 fully saturated rings. The van der Waals surface area contributed by atoms with Crippen LogP contribution in [-0.2, 0) is 11.3 Å². The maximum absolute atomic E-state index is 11.9. The molecule has 4 heteroatoms. The van der Waals surface area contributed by atoms with Crippen LogP contribution in [0.1, 0.15) is 17.5 Å². The second-order valence-electron chi connectivity index (χ2n) is 5.19. The van der Waals surface area contributed by atoms with Crippen molar-refractivity contribution in [2.75, 3.05) is 19.0 Å². The fourth-order valence-electron chi connectivity index (χ4n) is 2.10. The van der Waals surface area contributed by atoms with Gasteiger partial charge < -0.3 is 15.4 Å². The summed E-state index contributed by atoms with van der Waals surface area (Å²) in [5.41, 5.74) is 3.13. The number of ether oxygens (including phenoxy) is 1. The molecular formula is C18H22N2O2. The third-order valence-electron chi connectivity index (χ3n) is 3.21. The van der Waals surface area contributed by atoms with Crippen LogP contribution >= 0.6 is 0 Å². The van der Waals surface area contributed by atoms with Crippen molar-refractivity contribution in [2.24, 2.45) is 0 Å². The standard InChI is InChI=1S/C18H22N2O2/c1-14-4-3-5-17(12-14)22-11-10-18(21)20-16-8-6-15(7-9-16)13-19-2/h3-9,12,19H,10-11,13H2,1-2H3,(H,20,21). The Hall–Kier alpha value is -2.33. The summed E-state index contributed by atoms with van der Waals surface area (Å²) in [7, 11) is 1.91. The molecule has 0 radical (unpaired) electrons. The maximum atomic E-state index is 11.9. The summed E-state index contributed by atoms with van der Waals surface area (Å²) in [4.78, 5) is 11.9. The van der Waals surface area contributed by atoms with Gasteiger partial charge >= 0.3 is 0 Å². The van der Waals surface area contributed by atoms with E-state index in [2.05, 4.69) is 10.6 Å². The highest BCUT2D eigenvalue weighted by atomic mass is 16.5. The first kappa shape index (κ1) is 16.0. The summed E-state index contributed by atoms with van der Waals surface area (Å²) in [5, 5.41) is 5.96. The van der Waals surface area contributed by atoms with Crippen molar-refractivity contribution in [1.82, 2.24) is 5.32 Å². The van der Waals surface area contributed by atoms with Gasteiger partial charge in [0.15, 0.2) is 0 Å². The van der Waals surface area contributed by atoms with E-state index in [4.69, 9.17) is 4.74 Å². The zero-order chi connectivity index (χ0) is 15.8. The second-order valence-corrected chi connectivity index (χ2v) is 5.19. The summed E-state index contributed by atoms with van der Waals surface area (Å²) in [6.45, 7) is 3.20. The van der Waals surface area contributed by atoms with E-state index in [1.165, 1.54) is 5.56 Å². The molecule has 0 aliphatic rings. The minimum absolute atomic E-state index is 0.0472. The van der Waals surface area contributed by atoms with E-state index >= 15 is 0 Å². The smallest absolute Gasteiger partial charge is 0.227 e. The van der Waals surface area contributed by atoms with Crippen molar-refractivity contribution < 1.29 is 9.53 Å². The Labute approximate surface area is 131 Å². The van der Waals surface area contributed by atoms with E-state index in [1.54, 1.807) is 0 Å². The lowest BCUT2D eigenvalue weighted by Gasteiger charge is -2.08. The Bertz CT molecular complexity index is 609. The van der Waals surface area contributed by atoms with Crippen LogP contribution in [0.25, 0.3) is 0 Å². The number of carbonyl (C=O) groups is 1. The van der Waals surface area contributed by atoms with E-state index in [0.29, 0.717) is 13.0 Å². The van der Waals surface area contributed by atoms with Crippen molar-refractivity contribution in [3.8, 4) is 5.75 Å². The number of benzene rings is 2. The number of carbonyl (C=O) groups excluding carboxylic acids is 1. The minimum Gasteiger partial charge on any atom is -0.493 e. The summed E-state index contributed by atoms with van der Waals surface area (Å²) in [5.74, 6) is 0.748. The van der Waals surface area contributed by atoms with Crippen LogP contribution in [0, 0.1) is 6.92 Å². The lowest BCUT2D eigenvalue weighted by Crippen LogP contribution is -2.15. The van der Waals surface area contributed by atoms with Gasteiger partial charge in [-0.15, -0.1) is 0 Å². The highest BCUT2D eigenvalue weighted by Crippen LogP contribution is 2.13. The van der Waals surface area contributed by atoms with Gasteiger partial charge in [0.05, 0.1) is 13.0 Å². The summed E-state index contributed by atoms with van der Waals surface area (Å²) in [6.07, 6.45) is 0.326. The van der Waals surface area contributed by atoms with E-state index < -0.39 is 0 Å². The molecule has 0 atom stereocenters. The molecule has 0 aromatic heterocycles. The second kappa shape index (κ2) is 8.20. The molecule has 2 rings (SSSR count). The molecule has 116 valence electrons. The lowest BCUT2D eigenvalue weighted by atomic mass is 10.2. The predicted molar refractivity (Wildman–Crippen MR) is 89.1 cm³/mol. The quantitative estimate of drug-likeness (QED) is 0.825.